The molecular weight excluding hydrogens is 410 g/mol. The first kappa shape index (κ1) is 20.8. The lowest BCUT2D eigenvalue weighted by Gasteiger charge is -2.28. The number of amides is 3. The fourth-order valence-corrected chi connectivity index (χ4v) is 4.72. The monoisotopic (exact) mass is 433 g/mol. The fraction of sp³-hybridized carbons (Fsp3) is 0.304. The summed E-state index contributed by atoms with van der Waals surface area (Å²) in [6.45, 7) is 3.56. The van der Waals surface area contributed by atoms with Gasteiger partial charge in [0.15, 0.2) is 5.13 Å². The highest BCUT2D eigenvalue weighted by Crippen LogP contribution is 2.32. The summed E-state index contributed by atoms with van der Waals surface area (Å²) >= 11 is 1.22. The third-order valence-corrected chi connectivity index (χ3v) is 6.63. The summed E-state index contributed by atoms with van der Waals surface area (Å²) in [5, 5.41) is 13.1. The number of anilines is 1. The zero-order chi connectivity index (χ0) is 21.8. The Morgan fingerprint density at radius 3 is 2.81 bits per heavy atom. The molecule has 3 amide bonds. The molecule has 1 aromatic heterocycles. The molecule has 4 rings (SSSR count). The minimum absolute atomic E-state index is 0.178. The highest BCUT2D eigenvalue weighted by Gasteiger charge is 2.38. The van der Waals surface area contributed by atoms with Gasteiger partial charge in [-0.15, -0.1) is 0 Å². The van der Waals surface area contributed by atoms with Gasteiger partial charge in [-0.3, -0.25) is 9.69 Å². The zero-order valence-electron chi connectivity index (χ0n) is 17.2. The summed E-state index contributed by atoms with van der Waals surface area (Å²) in [7, 11) is 0. The van der Waals surface area contributed by atoms with Crippen LogP contribution >= 0.6 is 11.3 Å². The highest BCUT2D eigenvalue weighted by atomic mass is 32.1. The van der Waals surface area contributed by atoms with Gasteiger partial charge in [-0.25, -0.2) is 9.78 Å². The predicted octanol–water partition coefficient (Wildman–Crippen LogP) is 3.65. The Balaban J connectivity index is 1.43. The van der Waals surface area contributed by atoms with Crippen LogP contribution in [0.2, 0.25) is 0 Å². The van der Waals surface area contributed by atoms with Gasteiger partial charge in [0.05, 0.1) is 17.2 Å². The molecule has 2 aliphatic rings. The molecule has 1 aliphatic carbocycles. The van der Waals surface area contributed by atoms with E-state index in [1.807, 2.05) is 54.6 Å². The molecule has 31 heavy (non-hydrogen) atoms. The number of carbonyl (C=O) groups excluding carboxylic acids is 2. The Hall–Kier alpha value is -3.44. The van der Waals surface area contributed by atoms with E-state index in [1.54, 1.807) is 16.7 Å². The number of nitriles is 1. The molecule has 1 N–H and O–H groups in total. The third kappa shape index (κ3) is 4.37. The van der Waals surface area contributed by atoms with Crippen molar-refractivity contribution in [2.24, 2.45) is 5.41 Å². The number of hydrogen-bond acceptors (Lipinski definition) is 5. The molecule has 1 aliphatic heterocycles. The normalized spacial score (nSPS) is 20.2. The number of rotatable bonds is 6. The molecule has 0 spiro atoms. The van der Waals surface area contributed by atoms with Crippen LogP contribution in [0.1, 0.15) is 27.3 Å². The Bertz CT molecular complexity index is 1090. The predicted molar refractivity (Wildman–Crippen MR) is 120 cm³/mol. The first-order valence-electron chi connectivity index (χ1n) is 10.1. The van der Waals surface area contributed by atoms with Gasteiger partial charge in [0, 0.05) is 26.2 Å². The SMILES string of the molecule is Cc1nc(N2CCN(CC3(C#N)C=CC=CC3)C2=O)sc1C(=O)NCc1ccccc1. The van der Waals surface area contributed by atoms with Gasteiger partial charge in [0.2, 0.25) is 0 Å². The lowest BCUT2D eigenvalue weighted by Crippen LogP contribution is -2.39. The van der Waals surface area contributed by atoms with Gasteiger partial charge in [0.25, 0.3) is 5.91 Å². The van der Waals surface area contributed by atoms with Crippen LogP contribution in [0.5, 0.6) is 0 Å². The average molecular weight is 434 g/mol. The van der Waals surface area contributed by atoms with Crippen molar-refractivity contribution in [2.75, 3.05) is 24.5 Å². The Morgan fingerprint density at radius 1 is 1.29 bits per heavy atom. The van der Waals surface area contributed by atoms with E-state index in [-0.39, 0.29) is 11.9 Å². The molecule has 0 bridgehead atoms. The maximum atomic E-state index is 13.0. The lowest BCUT2D eigenvalue weighted by molar-refractivity contribution is 0.0954. The van der Waals surface area contributed by atoms with Gasteiger partial charge in [-0.05, 0) is 18.9 Å². The molecule has 7 nitrogen and oxygen atoms in total. The van der Waals surface area contributed by atoms with Gasteiger partial charge in [-0.2, -0.15) is 5.26 Å². The van der Waals surface area contributed by atoms with E-state index in [4.69, 9.17) is 0 Å². The molecule has 1 aromatic carbocycles. The number of nitrogens with one attached hydrogen (secondary N) is 1. The second-order valence-electron chi connectivity index (χ2n) is 7.69. The number of hydrogen-bond donors (Lipinski definition) is 1. The van der Waals surface area contributed by atoms with Crippen molar-refractivity contribution in [1.82, 2.24) is 15.2 Å². The third-order valence-electron chi connectivity index (χ3n) is 5.45. The van der Waals surface area contributed by atoms with Crippen molar-refractivity contribution in [3.05, 3.63) is 70.8 Å². The summed E-state index contributed by atoms with van der Waals surface area (Å²) in [5.74, 6) is -0.198. The summed E-state index contributed by atoms with van der Waals surface area (Å²) in [4.78, 5) is 33.9. The van der Waals surface area contributed by atoms with Crippen LogP contribution in [0.4, 0.5) is 9.93 Å². The van der Waals surface area contributed by atoms with Gasteiger partial charge in [-0.1, -0.05) is 66.0 Å². The second kappa shape index (κ2) is 8.74. The van der Waals surface area contributed by atoms with Gasteiger partial charge >= 0.3 is 6.03 Å². The van der Waals surface area contributed by atoms with Crippen LogP contribution in [0.3, 0.4) is 0 Å². The Morgan fingerprint density at radius 2 is 2.10 bits per heavy atom. The molecule has 0 saturated carbocycles. The fourth-order valence-electron chi connectivity index (χ4n) is 3.71. The van der Waals surface area contributed by atoms with Crippen molar-refractivity contribution in [3.63, 3.8) is 0 Å². The summed E-state index contributed by atoms with van der Waals surface area (Å²) < 4.78 is 0. The number of aryl methyl sites for hydroxylation is 1. The molecule has 8 heteroatoms. The van der Waals surface area contributed by atoms with E-state index in [2.05, 4.69) is 16.4 Å². The second-order valence-corrected chi connectivity index (χ2v) is 8.67. The van der Waals surface area contributed by atoms with Crippen LogP contribution in [0.15, 0.2) is 54.6 Å². The van der Waals surface area contributed by atoms with E-state index in [0.717, 1.165) is 5.56 Å². The van der Waals surface area contributed by atoms with Gasteiger partial charge < -0.3 is 10.2 Å². The largest absolute Gasteiger partial charge is 0.347 e. The molecule has 1 unspecified atom stereocenters. The number of aromatic nitrogens is 1. The number of thiazole rings is 1. The molecule has 1 fully saturated rings. The van der Waals surface area contributed by atoms with E-state index in [9.17, 15) is 14.9 Å². The molecule has 2 heterocycles. The van der Waals surface area contributed by atoms with Crippen molar-refractivity contribution in [1.29, 1.82) is 5.26 Å². The highest BCUT2D eigenvalue weighted by molar-refractivity contribution is 7.17. The topological polar surface area (TPSA) is 89.3 Å². The maximum absolute atomic E-state index is 13.0. The number of benzene rings is 1. The molecular formula is C23H23N5O2S. The number of nitrogens with zero attached hydrogens (tertiary/aromatic N) is 4. The number of carbonyl (C=O) groups is 2. The van der Waals surface area contributed by atoms with Crippen LogP contribution in [-0.2, 0) is 6.54 Å². The average Bonchev–Trinajstić information content (AvgIpc) is 3.35. The minimum atomic E-state index is -0.693. The summed E-state index contributed by atoms with van der Waals surface area (Å²) in [6.07, 6.45) is 8.18. The van der Waals surface area contributed by atoms with E-state index >= 15 is 0 Å². The first-order valence-corrected chi connectivity index (χ1v) is 10.9. The van der Waals surface area contributed by atoms with Crippen molar-refractivity contribution in [3.8, 4) is 6.07 Å². The quantitative estimate of drug-likeness (QED) is 0.753. The molecule has 158 valence electrons. The van der Waals surface area contributed by atoms with Crippen molar-refractivity contribution < 1.29 is 9.59 Å². The van der Waals surface area contributed by atoms with Crippen molar-refractivity contribution in [2.45, 2.75) is 19.9 Å². The van der Waals surface area contributed by atoms with Gasteiger partial charge in [0.1, 0.15) is 4.88 Å². The standard InChI is InChI=1S/C23H23N5O2S/c1-17-19(20(29)25-14-18-8-4-2-5-9-18)31-21(26-17)28-13-12-27(22(28)30)16-23(15-24)10-6-3-7-11-23/h2-10H,11-14,16H2,1H3,(H,25,29). The van der Waals surface area contributed by atoms with Crippen molar-refractivity contribution >= 4 is 28.4 Å². The molecule has 1 atom stereocenters. The summed E-state index contributed by atoms with van der Waals surface area (Å²) in [6, 6.07) is 11.9. The van der Waals surface area contributed by atoms with Crippen LogP contribution in [0, 0.1) is 23.7 Å². The lowest BCUT2D eigenvalue weighted by atomic mass is 9.82. The Kier molecular flexibility index (Phi) is 5.87. The first-order chi connectivity index (χ1) is 15.0. The number of allylic oxidation sites excluding steroid dienone is 3. The van der Waals surface area contributed by atoms with Crippen LogP contribution < -0.4 is 10.2 Å². The van der Waals surface area contributed by atoms with Crippen LogP contribution in [-0.4, -0.2) is 41.5 Å². The Labute approximate surface area is 185 Å². The van der Waals surface area contributed by atoms with E-state index < -0.39 is 5.41 Å². The molecule has 2 aromatic rings. The number of urea groups is 1. The van der Waals surface area contributed by atoms with E-state index in [1.165, 1.54) is 11.3 Å². The smallest absolute Gasteiger partial charge is 0.326 e. The maximum Gasteiger partial charge on any atom is 0.326 e. The zero-order valence-corrected chi connectivity index (χ0v) is 18.1. The summed E-state index contributed by atoms with van der Waals surface area (Å²) in [5.41, 5.74) is 0.925. The molecule has 1 saturated heterocycles. The van der Waals surface area contributed by atoms with E-state index in [0.29, 0.717) is 48.3 Å². The van der Waals surface area contributed by atoms with Crippen LogP contribution in [0.25, 0.3) is 0 Å². The minimum Gasteiger partial charge on any atom is -0.347 e. The molecule has 0 radical (unpaired) electrons.